The number of aromatic nitrogens is 3. The number of pyridine rings is 1. The first-order valence-electron chi connectivity index (χ1n) is 8.84. The Labute approximate surface area is 167 Å². The number of fused-ring (bicyclic) bond motifs is 1. The van der Waals surface area contributed by atoms with Crippen LogP contribution >= 0.6 is 0 Å². The fourth-order valence-corrected chi connectivity index (χ4v) is 3.08. The lowest BCUT2D eigenvalue weighted by Gasteiger charge is -2.20. The summed E-state index contributed by atoms with van der Waals surface area (Å²) in [5, 5.41) is 2.66. The van der Waals surface area contributed by atoms with Crippen LogP contribution in [0.25, 0.3) is 11.0 Å². The minimum atomic E-state index is -4.51. The van der Waals surface area contributed by atoms with E-state index in [-0.39, 0.29) is 16.8 Å². The molecule has 1 atom stereocenters. The molecule has 2 aromatic heterocycles. The minimum absolute atomic E-state index is 0.103. The lowest BCUT2D eigenvalue weighted by Crippen LogP contribution is -2.30. The summed E-state index contributed by atoms with van der Waals surface area (Å²) in [6, 6.07) is 10.4. The third-order valence-corrected chi connectivity index (χ3v) is 4.59. The van der Waals surface area contributed by atoms with Gasteiger partial charge in [-0.3, -0.25) is 9.78 Å². The first-order valence-corrected chi connectivity index (χ1v) is 8.84. The zero-order valence-corrected chi connectivity index (χ0v) is 15.2. The highest BCUT2D eigenvalue weighted by Gasteiger charge is 2.31. The molecule has 0 aliphatic carbocycles. The number of carbonyl (C=O) groups excluding carboxylic acids is 1. The molecule has 4 rings (SSSR count). The van der Waals surface area contributed by atoms with E-state index < -0.39 is 29.5 Å². The molecule has 0 radical (unpaired) electrons. The number of rotatable bonds is 4. The molecule has 0 saturated carbocycles. The minimum Gasteiger partial charge on any atom is -0.345 e. The monoisotopic (exact) mass is 414 g/mol. The van der Waals surface area contributed by atoms with Gasteiger partial charge in [0.1, 0.15) is 11.5 Å². The summed E-state index contributed by atoms with van der Waals surface area (Å²) in [4.78, 5) is 23.8. The van der Waals surface area contributed by atoms with E-state index in [1.807, 2.05) is 0 Å². The first-order chi connectivity index (χ1) is 14.3. The summed E-state index contributed by atoms with van der Waals surface area (Å²) in [6.07, 6.45) is -1.67. The maximum Gasteiger partial charge on any atom is 0.416 e. The van der Waals surface area contributed by atoms with E-state index in [0.717, 1.165) is 12.1 Å². The second-order valence-electron chi connectivity index (χ2n) is 6.53. The summed E-state index contributed by atoms with van der Waals surface area (Å²) >= 11 is 0. The van der Waals surface area contributed by atoms with Gasteiger partial charge in [-0.2, -0.15) is 13.2 Å². The van der Waals surface area contributed by atoms with Crippen molar-refractivity contribution >= 4 is 16.9 Å². The Balaban J connectivity index is 1.70. The quantitative estimate of drug-likeness (QED) is 0.478. The number of aromatic amines is 1. The summed E-state index contributed by atoms with van der Waals surface area (Å²) in [5.41, 5.74) is 0.895. The van der Waals surface area contributed by atoms with Gasteiger partial charge < -0.3 is 10.3 Å². The van der Waals surface area contributed by atoms with Gasteiger partial charge in [0.15, 0.2) is 0 Å². The molecule has 0 spiro atoms. The Morgan fingerprint density at radius 2 is 1.80 bits per heavy atom. The summed E-state index contributed by atoms with van der Waals surface area (Å²) < 4.78 is 53.1. The number of alkyl halides is 3. The number of halogens is 4. The Bertz CT molecular complexity index is 1200. The second kappa shape index (κ2) is 7.58. The molecule has 2 N–H and O–H groups in total. The van der Waals surface area contributed by atoms with E-state index in [1.54, 1.807) is 18.2 Å². The van der Waals surface area contributed by atoms with E-state index in [0.29, 0.717) is 11.0 Å². The molecular weight excluding hydrogens is 400 g/mol. The van der Waals surface area contributed by atoms with Gasteiger partial charge in [-0.15, -0.1) is 0 Å². The van der Waals surface area contributed by atoms with Crippen LogP contribution in [0.1, 0.15) is 33.2 Å². The molecule has 0 aliphatic heterocycles. The molecule has 0 saturated heterocycles. The normalized spacial score (nSPS) is 12.7. The van der Waals surface area contributed by atoms with Gasteiger partial charge in [0.2, 0.25) is 0 Å². The number of amides is 1. The van der Waals surface area contributed by atoms with Crippen molar-refractivity contribution < 1.29 is 22.4 Å². The Morgan fingerprint density at radius 3 is 2.50 bits per heavy atom. The molecule has 9 heteroatoms. The maximum atomic E-state index is 14.4. The van der Waals surface area contributed by atoms with Crippen LogP contribution in [0.4, 0.5) is 17.6 Å². The molecule has 1 unspecified atom stereocenters. The van der Waals surface area contributed by atoms with Gasteiger partial charge in [-0.1, -0.05) is 12.1 Å². The molecule has 0 bridgehead atoms. The molecule has 4 aromatic rings. The highest BCUT2D eigenvalue weighted by atomic mass is 19.4. The average Bonchev–Trinajstić information content (AvgIpc) is 3.20. The fourth-order valence-electron chi connectivity index (χ4n) is 3.08. The van der Waals surface area contributed by atoms with Gasteiger partial charge in [-0.05, 0) is 48.0 Å². The first kappa shape index (κ1) is 19.6. The van der Waals surface area contributed by atoms with Gasteiger partial charge in [0.25, 0.3) is 5.91 Å². The average molecular weight is 414 g/mol. The molecule has 2 aromatic carbocycles. The van der Waals surface area contributed by atoms with E-state index in [4.69, 9.17) is 0 Å². The number of imidazole rings is 1. The predicted octanol–water partition coefficient (Wildman–Crippen LogP) is 4.64. The molecule has 2 heterocycles. The number of hydrogen-bond donors (Lipinski definition) is 2. The third-order valence-electron chi connectivity index (χ3n) is 4.59. The maximum absolute atomic E-state index is 14.4. The predicted molar refractivity (Wildman–Crippen MR) is 101 cm³/mol. The van der Waals surface area contributed by atoms with Crippen molar-refractivity contribution in [3.63, 3.8) is 0 Å². The molecule has 30 heavy (non-hydrogen) atoms. The molecule has 152 valence electrons. The van der Waals surface area contributed by atoms with Gasteiger partial charge in [-0.25, -0.2) is 9.37 Å². The zero-order chi connectivity index (χ0) is 21.3. The number of hydrogen-bond acceptors (Lipinski definition) is 3. The standard InChI is InChI=1S/C21H14F4N4O/c22-15-2-1-9-26-19(15)18(12-3-6-14(7-4-12)21(23,24)25)29-20(30)13-5-8-16-17(10-13)28-11-27-16/h1-11,18H,(H,27,28)(H,29,30). The van der Waals surface area contributed by atoms with E-state index in [9.17, 15) is 22.4 Å². The van der Waals surface area contributed by atoms with Gasteiger partial charge in [0, 0.05) is 11.8 Å². The Morgan fingerprint density at radius 1 is 1.03 bits per heavy atom. The Kier molecular flexibility index (Phi) is 4.94. The van der Waals surface area contributed by atoms with Crippen LogP contribution in [0.15, 0.2) is 67.1 Å². The van der Waals surface area contributed by atoms with Crippen molar-refractivity contribution in [1.82, 2.24) is 20.3 Å². The summed E-state index contributed by atoms with van der Waals surface area (Å²) in [6.45, 7) is 0. The summed E-state index contributed by atoms with van der Waals surface area (Å²) in [5.74, 6) is -1.23. The van der Waals surface area contributed by atoms with Gasteiger partial charge >= 0.3 is 6.18 Å². The van der Waals surface area contributed by atoms with Gasteiger partial charge in [0.05, 0.1) is 29.0 Å². The number of H-pyrrole nitrogens is 1. The lowest BCUT2D eigenvalue weighted by molar-refractivity contribution is -0.137. The highest BCUT2D eigenvalue weighted by Crippen LogP contribution is 2.31. The van der Waals surface area contributed by atoms with Crippen LogP contribution in [0, 0.1) is 5.82 Å². The SMILES string of the molecule is O=C(NC(c1ccc(C(F)(F)F)cc1)c1ncccc1F)c1ccc2nc[nH]c2c1. The lowest BCUT2D eigenvalue weighted by atomic mass is 10.00. The smallest absolute Gasteiger partial charge is 0.345 e. The number of nitrogens with zero attached hydrogens (tertiary/aromatic N) is 2. The zero-order valence-electron chi connectivity index (χ0n) is 15.2. The summed E-state index contributed by atoms with van der Waals surface area (Å²) in [7, 11) is 0. The second-order valence-corrected chi connectivity index (χ2v) is 6.53. The van der Waals surface area contributed by atoms with Crippen LogP contribution in [0.3, 0.4) is 0 Å². The molecule has 0 aliphatic rings. The van der Waals surface area contributed by atoms with Crippen LogP contribution in [-0.4, -0.2) is 20.9 Å². The topological polar surface area (TPSA) is 70.7 Å². The fraction of sp³-hybridized carbons (Fsp3) is 0.0952. The van der Waals surface area contributed by atoms with Crippen LogP contribution < -0.4 is 5.32 Å². The number of nitrogens with one attached hydrogen (secondary N) is 2. The third kappa shape index (κ3) is 3.86. The van der Waals surface area contributed by atoms with Crippen molar-refractivity contribution in [3.05, 3.63) is 95.3 Å². The number of benzene rings is 2. The van der Waals surface area contributed by atoms with Crippen molar-refractivity contribution in [3.8, 4) is 0 Å². The van der Waals surface area contributed by atoms with Crippen LogP contribution in [0.5, 0.6) is 0 Å². The van der Waals surface area contributed by atoms with Crippen molar-refractivity contribution in [2.45, 2.75) is 12.2 Å². The Hall–Kier alpha value is -3.75. The largest absolute Gasteiger partial charge is 0.416 e. The van der Waals surface area contributed by atoms with Crippen molar-refractivity contribution in [2.24, 2.45) is 0 Å². The van der Waals surface area contributed by atoms with Crippen LogP contribution in [-0.2, 0) is 6.18 Å². The van der Waals surface area contributed by atoms with E-state index >= 15 is 0 Å². The van der Waals surface area contributed by atoms with Crippen LogP contribution in [0.2, 0.25) is 0 Å². The molecule has 5 nitrogen and oxygen atoms in total. The van der Waals surface area contributed by atoms with Crippen molar-refractivity contribution in [1.29, 1.82) is 0 Å². The molecule has 0 fully saturated rings. The number of carbonyl (C=O) groups is 1. The molecule has 1 amide bonds. The highest BCUT2D eigenvalue weighted by molar-refractivity contribution is 5.97. The van der Waals surface area contributed by atoms with Crippen molar-refractivity contribution in [2.75, 3.05) is 0 Å². The molecular formula is C21H14F4N4O. The van der Waals surface area contributed by atoms with E-state index in [2.05, 4.69) is 20.3 Å². The van der Waals surface area contributed by atoms with E-state index in [1.165, 1.54) is 36.8 Å².